The summed E-state index contributed by atoms with van der Waals surface area (Å²) in [4.78, 5) is 2.34. The molecule has 1 aromatic rings. The number of benzene rings is 1. The van der Waals surface area contributed by atoms with Crippen LogP contribution in [0, 0.1) is 0 Å². The van der Waals surface area contributed by atoms with Crippen molar-refractivity contribution < 1.29 is 0 Å². The maximum absolute atomic E-state index is 2.44. The Balaban J connectivity index is 2.24. The van der Waals surface area contributed by atoms with Crippen LogP contribution in [0.5, 0.6) is 0 Å². The Morgan fingerprint density at radius 3 is 1.75 bits per heavy atom. The molecule has 1 rings (SSSR count). The fourth-order valence-corrected chi connectivity index (χ4v) is 3.86. The number of likely N-dealkylation sites (N-methyl/N-ethyl adjacent to an activating group) is 1. The fraction of sp³-hybridized carbons (Fsp3) is 0.739. The van der Waals surface area contributed by atoms with Gasteiger partial charge >= 0.3 is 0 Å². The summed E-state index contributed by atoms with van der Waals surface area (Å²) in [5, 5.41) is 0. The highest BCUT2D eigenvalue weighted by Crippen LogP contribution is 2.30. The summed E-state index contributed by atoms with van der Waals surface area (Å²) >= 11 is 0. The first-order valence-electron chi connectivity index (χ1n) is 10.3. The van der Waals surface area contributed by atoms with E-state index in [0.717, 1.165) is 6.54 Å². The topological polar surface area (TPSA) is 3.24 Å². The Morgan fingerprint density at radius 1 is 0.750 bits per heavy atom. The summed E-state index contributed by atoms with van der Waals surface area (Å²) in [6.45, 7) is 5.87. The van der Waals surface area contributed by atoms with Crippen LogP contribution in [-0.2, 0) is 5.41 Å². The van der Waals surface area contributed by atoms with Gasteiger partial charge in [-0.3, -0.25) is 0 Å². The van der Waals surface area contributed by atoms with Crippen molar-refractivity contribution in [1.29, 1.82) is 0 Å². The van der Waals surface area contributed by atoms with Gasteiger partial charge in [0, 0.05) is 12.0 Å². The molecule has 1 atom stereocenters. The number of rotatable bonds is 14. The molecule has 138 valence electrons. The maximum Gasteiger partial charge on any atom is 0.00699 e. The molecule has 1 heteroatoms. The maximum atomic E-state index is 2.44. The van der Waals surface area contributed by atoms with Crippen LogP contribution in [0.25, 0.3) is 0 Å². The van der Waals surface area contributed by atoms with E-state index in [1.54, 1.807) is 0 Å². The first kappa shape index (κ1) is 21.2. The standard InChI is InChI=1S/C23H41N/c1-5-6-7-8-9-10-11-12-13-17-20-23(2,21-24(3)4)22-18-15-14-16-19-22/h14-16,18-19H,5-13,17,20-21H2,1-4H3. The highest BCUT2D eigenvalue weighted by molar-refractivity contribution is 5.24. The van der Waals surface area contributed by atoms with E-state index in [2.05, 4.69) is 63.2 Å². The Kier molecular flexibility index (Phi) is 11.1. The van der Waals surface area contributed by atoms with E-state index in [0.29, 0.717) is 0 Å². The van der Waals surface area contributed by atoms with E-state index in [-0.39, 0.29) is 5.41 Å². The highest BCUT2D eigenvalue weighted by Gasteiger charge is 2.26. The summed E-state index contributed by atoms with van der Waals surface area (Å²) in [7, 11) is 4.39. The summed E-state index contributed by atoms with van der Waals surface area (Å²) < 4.78 is 0. The quantitative estimate of drug-likeness (QED) is 0.338. The summed E-state index contributed by atoms with van der Waals surface area (Å²) in [6, 6.07) is 11.1. The van der Waals surface area contributed by atoms with E-state index >= 15 is 0 Å². The van der Waals surface area contributed by atoms with Crippen molar-refractivity contribution in [3.8, 4) is 0 Å². The Labute approximate surface area is 151 Å². The molecule has 0 aliphatic rings. The van der Waals surface area contributed by atoms with Crippen molar-refractivity contribution >= 4 is 0 Å². The fourth-order valence-electron chi connectivity index (χ4n) is 3.86. The van der Waals surface area contributed by atoms with Crippen molar-refractivity contribution in [2.45, 2.75) is 89.9 Å². The van der Waals surface area contributed by atoms with Gasteiger partial charge in [0.1, 0.15) is 0 Å². The van der Waals surface area contributed by atoms with Gasteiger partial charge in [0.2, 0.25) is 0 Å². The zero-order valence-corrected chi connectivity index (χ0v) is 16.8. The lowest BCUT2D eigenvalue weighted by Gasteiger charge is -2.33. The molecule has 0 aliphatic carbocycles. The number of hydrogen-bond acceptors (Lipinski definition) is 1. The van der Waals surface area contributed by atoms with Crippen molar-refractivity contribution in [2.24, 2.45) is 0 Å². The molecule has 0 aliphatic heterocycles. The minimum absolute atomic E-state index is 0.283. The molecule has 0 amide bonds. The van der Waals surface area contributed by atoms with Crippen LogP contribution in [0.3, 0.4) is 0 Å². The Hall–Kier alpha value is -0.820. The minimum Gasteiger partial charge on any atom is -0.309 e. The molecule has 0 heterocycles. The van der Waals surface area contributed by atoms with E-state index < -0.39 is 0 Å². The van der Waals surface area contributed by atoms with Gasteiger partial charge in [0.15, 0.2) is 0 Å². The van der Waals surface area contributed by atoms with E-state index in [4.69, 9.17) is 0 Å². The van der Waals surface area contributed by atoms with Crippen LogP contribution in [-0.4, -0.2) is 25.5 Å². The normalized spacial score (nSPS) is 14.0. The van der Waals surface area contributed by atoms with Crippen LogP contribution in [0.1, 0.15) is 90.0 Å². The Morgan fingerprint density at radius 2 is 1.25 bits per heavy atom. The van der Waals surface area contributed by atoms with Crippen LogP contribution >= 0.6 is 0 Å². The highest BCUT2D eigenvalue weighted by atomic mass is 15.1. The Bertz CT molecular complexity index is 398. The SMILES string of the molecule is CCCCCCCCCCCCC(C)(CN(C)C)c1ccccc1. The lowest BCUT2D eigenvalue weighted by atomic mass is 9.77. The molecule has 24 heavy (non-hydrogen) atoms. The van der Waals surface area contributed by atoms with Gasteiger partial charge in [-0.2, -0.15) is 0 Å². The third kappa shape index (κ3) is 8.87. The molecule has 0 spiro atoms. The van der Waals surface area contributed by atoms with Gasteiger partial charge in [0.25, 0.3) is 0 Å². The molecule has 0 bridgehead atoms. The summed E-state index contributed by atoms with van der Waals surface area (Å²) in [5.74, 6) is 0. The predicted octanol–water partition coefficient (Wildman–Crippen LogP) is 6.82. The zero-order chi connectivity index (χ0) is 17.7. The average Bonchev–Trinajstić information content (AvgIpc) is 2.57. The van der Waals surface area contributed by atoms with Crippen molar-refractivity contribution in [1.82, 2.24) is 4.90 Å². The lowest BCUT2D eigenvalue weighted by molar-refractivity contribution is 0.277. The second-order valence-corrected chi connectivity index (χ2v) is 8.10. The van der Waals surface area contributed by atoms with Gasteiger partial charge in [-0.05, 0) is 26.1 Å². The van der Waals surface area contributed by atoms with E-state index in [9.17, 15) is 0 Å². The molecule has 0 fully saturated rings. The molecule has 1 unspecified atom stereocenters. The van der Waals surface area contributed by atoms with Gasteiger partial charge in [-0.25, -0.2) is 0 Å². The van der Waals surface area contributed by atoms with Crippen LogP contribution in [0.4, 0.5) is 0 Å². The molecule has 0 saturated heterocycles. The minimum atomic E-state index is 0.283. The monoisotopic (exact) mass is 331 g/mol. The van der Waals surface area contributed by atoms with E-state index in [1.165, 1.54) is 76.2 Å². The van der Waals surface area contributed by atoms with Gasteiger partial charge in [-0.15, -0.1) is 0 Å². The summed E-state index contributed by atoms with van der Waals surface area (Å²) in [6.07, 6.45) is 15.4. The molecule has 1 nitrogen and oxygen atoms in total. The molecule has 0 N–H and O–H groups in total. The van der Waals surface area contributed by atoms with E-state index in [1.807, 2.05) is 0 Å². The third-order valence-electron chi connectivity index (χ3n) is 5.22. The first-order valence-corrected chi connectivity index (χ1v) is 10.3. The van der Waals surface area contributed by atoms with Crippen molar-refractivity contribution in [2.75, 3.05) is 20.6 Å². The number of unbranched alkanes of at least 4 members (excludes halogenated alkanes) is 9. The van der Waals surface area contributed by atoms with Gasteiger partial charge in [0.05, 0.1) is 0 Å². The molecular formula is C23H41N. The predicted molar refractivity (Wildman–Crippen MR) is 109 cm³/mol. The summed E-state index contributed by atoms with van der Waals surface area (Å²) in [5.41, 5.74) is 1.78. The molecule has 0 aromatic heterocycles. The largest absolute Gasteiger partial charge is 0.309 e. The molecular weight excluding hydrogens is 290 g/mol. The second kappa shape index (κ2) is 12.5. The van der Waals surface area contributed by atoms with Crippen molar-refractivity contribution in [3.05, 3.63) is 35.9 Å². The van der Waals surface area contributed by atoms with Crippen LogP contribution in [0.15, 0.2) is 30.3 Å². The third-order valence-corrected chi connectivity index (χ3v) is 5.22. The lowest BCUT2D eigenvalue weighted by Crippen LogP contribution is -2.35. The smallest absolute Gasteiger partial charge is 0.00699 e. The second-order valence-electron chi connectivity index (χ2n) is 8.10. The first-order chi connectivity index (χ1) is 11.6. The van der Waals surface area contributed by atoms with Crippen molar-refractivity contribution in [3.63, 3.8) is 0 Å². The van der Waals surface area contributed by atoms with Crippen LogP contribution < -0.4 is 0 Å². The average molecular weight is 332 g/mol. The van der Waals surface area contributed by atoms with Crippen LogP contribution in [0.2, 0.25) is 0 Å². The molecule has 1 aromatic carbocycles. The van der Waals surface area contributed by atoms with Gasteiger partial charge in [-0.1, -0.05) is 108 Å². The molecule has 0 radical (unpaired) electrons. The number of nitrogens with zero attached hydrogens (tertiary/aromatic N) is 1. The zero-order valence-electron chi connectivity index (χ0n) is 16.8. The van der Waals surface area contributed by atoms with Gasteiger partial charge < -0.3 is 4.90 Å². The molecule has 0 saturated carbocycles. The number of hydrogen-bond donors (Lipinski definition) is 0.